The first-order valence-electron chi connectivity index (χ1n) is 5.55. The van der Waals surface area contributed by atoms with Crippen LogP contribution in [0.4, 0.5) is 5.69 Å². The zero-order valence-corrected chi connectivity index (χ0v) is 11.8. The number of amides is 1. The molecule has 0 saturated heterocycles. The third kappa shape index (κ3) is 2.09. The molecule has 5 heteroatoms. The highest BCUT2D eigenvalue weighted by molar-refractivity contribution is 9.11. The van der Waals surface area contributed by atoms with Crippen molar-refractivity contribution in [3.8, 4) is 0 Å². The second-order valence-corrected chi connectivity index (χ2v) is 6.59. The molecule has 0 aliphatic carbocycles. The van der Waals surface area contributed by atoms with Gasteiger partial charge in [-0.3, -0.25) is 4.79 Å². The Bertz CT molecular complexity index is 623. The minimum Gasteiger partial charge on any atom is -0.326 e. The number of hydrogen-bond acceptors (Lipinski definition) is 3. The van der Waals surface area contributed by atoms with Crippen molar-refractivity contribution in [3.63, 3.8) is 0 Å². The summed E-state index contributed by atoms with van der Waals surface area (Å²) >= 11 is 5.06. The Hall–Kier alpha value is -1.17. The van der Waals surface area contributed by atoms with Crippen molar-refractivity contribution < 1.29 is 4.79 Å². The highest BCUT2D eigenvalue weighted by atomic mass is 79.9. The van der Waals surface area contributed by atoms with E-state index in [0.29, 0.717) is 6.42 Å². The molecule has 18 heavy (non-hydrogen) atoms. The van der Waals surface area contributed by atoms with Crippen LogP contribution in [0, 0.1) is 0 Å². The molecule has 1 aromatic heterocycles. The number of carbonyl (C=O) groups excluding carboxylic acids is 1. The van der Waals surface area contributed by atoms with Crippen molar-refractivity contribution >= 4 is 38.9 Å². The van der Waals surface area contributed by atoms with Crippen molar-refractivity contribution in [1.29, 1.82) is 0 Å². The lowest BCUT2D eigenvalue weighted by Gasteiger charge is -2.11. The molecule has 2 heterocycles. The van der Waals surface area contributed by atoms with Gasteiger partial charge in [-0.05, 0) is 50.1 Å². The van der Waals surface area contributed by atoms with Gasteiger partial charge in [-0.1, -0.05) is 12.1 Å². The number of anilines is 1. The van der Waals surface area contributed by atoms with Gasteiger partial charge in [0.2, 0.25) is 5.91 Å². The van der Waals surface area contributed by atoms with Gasteiger partial charge in [0, 0.05) is 5.69 Å². The van der Waals surface area contributed by atoms with Crippen LogP contribution in [0.15, 0.2) is 33.4 Å². The number of benzene rings is 1. The average Bonchev–Trinajstić information content (AvgIpc) is 2.92. The fraction of sp³-hybridized carbons (Fsp3) is 0.154. The van der Waals surface area contributed by atoms with Crippen molar-refractivity contribution in [2.75, 3.05) is 5.32 Å². The summed E-state index contributed by atoms with van der Waals surface area (Å²) in [7, 11) is 0. The maximum absolute atomic E-state index is 11.3. The van der Waals surface area contributed by atoms with Gasteiger partial charge in [-0.25, -0.2) is 0 Å². The molecule has 0 saturated carbocycles. The second kappa shape index (κ2) is 4.50. The number of carbonyl (C=O) groups is 1. The average molecular weight is 323 g/mol. The third-order valence-corrected chi connectivity index (χ3v) is 4.58. The minimum atomic E-state index is -0.145. The summed E-state index contributed by atoms with van der Waals surface area (Å²) in [4.78, 5) is 11.3. The van der Waals surface area contributed by atoms with Gasteiger partial charge in [0.1, 0.15) is 0 Å². The lowest BCUT2D eigenvalue weighted by Crippen LogP contribution is -2.11. The molecular weight excluding hydrogens is 312 g/mol. The van der Waals surface area contributed by atoms with Gasteiger partial charge in [0.25, 0.3) is 0 Å². The van der Waals surface area contributed by atoms with E-state index in [9.17, 15) is 4.79 Å². The molecule has 1 atom stereocenters. The highest BCUT2D eigenvalue weighted by Gasteiger charge is 2.19. The quantitative estimate of drug-likeness (QED) is 0.892. The normalized spacial score (nSPS) is 15.3. The lowest BCUT2D eigenvalue weighted by atomic mass is 9.99. The number of hydrogen-bond donors (Lipinski definition) is 2. The number of rotatable bonds is 2. The van der Waals surface area contributed by atoms with Gasteiger partial charge in [0.15, 0.2) is 0 Å². The summed E-state index contributed by atoms with van der Waals surface area (Å²) < 4.78 is 1.07. The van der Waals surface area contributed by atoms with Crippen LogP contribution in [-0.4, -0.2) is 5.91 Å². The van der Waals surface area contributed by atoms with Crippen LogP contribution in [0.5, 0.6) is 0 Å². The van der Waals surface area contributed by atoms with Gasteiger partial charge in [0.05, 0.1) is 16.2 Å². The van der Waals surface area contributed by atoms with Crippen LogP contribution in [0.2, 0.25) is 0 Å². The molecule has 0 spiro atoms. The molecule has 0 fully saturated rings. The number of thiophene rings is 1. The van der Waals surface area contributed by atoms with E-state index in [2.05, 4.69) is 21.2 Å². The smallest absolute Gasteiger partial charge is 0.228 e. The first kappa shape index (κ1) is 11.9. The maximum Gasteiger partial charge on any atom is 0.228 e. The largest absolute Gasteiger partial charge is 0.326 e. The Morgan fingerprint density at radius 2 is 2.17 bits per heavy atom. The van der Waals surface area contributed by atoms with Crippen molar-refractivity contribution in [1.82, 2.24) is 0 Å². The summed E-state index contributed by atoms with van der Waals surface area (Å²) in [5.41, 5.74) is 10.3. The van der Waals surface area contributed by atoms with Crippen molar-refractivity contribution in [2.45, 2.75) is 12.5 Å². The standard InChI is InChI=1S/C13H11BrN2OS/c14-11-4-9(6-18-11)13(15)7-1-2-10-8(3-7)5-12(17)16-10/h1-4,6,13H,5,15H2,(H,16,17). The molecule has 1 aliphatic rings. The van der Waals surface area contributed by atoms with Crippen LogP contribution in [0.3, 0.4) is 0 Å². The van der Waals surface area contributed by atoms with E-state index in [4.69, 9.17) is 5.73 Å². The van der Waals surface area contributed by atoms with E-state index in [1.807, 2.05) is 29.6 Å². The number of nitrogens with two attached hydrogens (primary N) is 1. The molecule has 2 aromatic rings. The Balaban J connectivity index is 1.94. The summed E-state index contributed by atoms with van der Waals surface area (Å²) in [5.74, 6) is 0.0500. The van der Waals surface area contributed by atoms with Crippen molar-refractivity contribution in [3.05, 3.63) is 50.1 Å². The molecular formula is C13H11BrN2OS. The van der Waals surface area contributed by atoms with Crippen LogP contribution < -0.4 is 11.1 Å². The number of halogens is 1. The van der Waals surface area contributed by atoms with E-state index in [1.165, 1.54) is 0 Å². The van der Waals surface area contributed by atoms with Gasteiger partial charge in [-0.2, -0.15) is 0 Å². The molecule has 3 rings (SSSR count). The Morgan fingerprint density at radius 1 is 1.33 bits per heavy atom. The Labute approximate surface area is 117 Å². The fourth-order valence-electron chi connectivity index (χ4n) is 2.12. The molecule has 0 radical (unpaired) electrons. The fourth-order valence-corrected chi connectivity index (χ4v) is 3.33. The summed E-state index contributed by atoms with van der Waals surface area (Å²) in [6, 6.07) is 7.81. The molecule has 1 amide bonds. The Kier molecular flexibility index (Phi) is 2.97. The molecule has 92 valence electrons. The molecule has 3 nitrogen and oxygen atoms in total. The molecule has 0 bridgehead atoms. The predicted molar refractivity (Wildman–Crippen MR) is 76.8 cm³/mol. The zero-order valence-electron chi connectivity index (χ0n) is 9.44. The summed E-state index contributed by atoms with van der Waals surface area (Å²) in [5, 5.41) is 4.87. The maximum atomic E-state index is 11.3. The molecule has 3 N–H and O–H groups in total. The number of fused-ring (bicyclic) bond motifs is 1. The van der Waals surface area contributed by atoms with Crippen molar-refractivity contribution in [2.24, 2.45) is 5.73 Å². The van der Waals surface area contributed by atoms with Crippen LogP contribution in [0.1, 0.15) is 22.7 Å². The topological polar surface area (TPSA) is 55.1 Å². The molecule has 1 aromatic carbocycles. The summed E-state index contributed by atoms with van der Waals surface area (Å²) in [6.07, 6.45) is 0.448. The minimum absolute atomic E-state index is 0.0500. The van der Waals surface area contributed by atoms with Crippen LogP contribution >= 0.6 is 27.3 Å². The lowest BCUT2D eigenvalue weighted by molar-refractivity contribution is -0.115. The van der Waals surface area contributed by atoms with E-state index in [-0.39, 0.29) is 11.9 Å². The SMILES string of the molecule is NC(c1csc(Br)c1)c1ccc2c(c1)CC(=O)N2. The zero-order chi connectivity index (χ0) is 12.7. The summed E-state index contributed by atoms with van der Waals surface area (Å²) in [6.45, 7) is 0. The van der Waals surface area contributed by atoms with E-state index < -0.39 is 0 Å². The van der Waals surface area contributed by atoms with Gasteiger partial charge in [-0.15, -0.1) is 11.3 Å². The van der Waals surface area contributed by atoms with E-state index in [1.54, 1.807) is 11.3 Å². The highest BCUT2D eigenvalue weighted by Crippen LogP contribution is 2.31. The molecule has 1 aliphatic heterocycles. The van der Waals surface area contributed by atoms with Gasteiger partial charge < -0.3 is 11.1 Å². The molecule has 1 unspecified atom stereocenters. The van der Waals surface area contributed by atoms with Crippen LogP contribution in [0.25, 0.3) is 0 Å². The predicted octanol–water partition coefficient (Wildman–Crippen LogP) is 3.05. The Morgan fingerprint density at radius 3 is 2.89 bits per heavy atom. The second-order valence-electron chi connectivity index (χ2n) is 4.30. The first-order chi connectivity index (χ1) is 8.63. The van der Waals surface area contributed by atoms with E-state index in [0.717, 1.165) is 26.2 Å². The number of nitrogens with one attached hydrogen (secondary N) is 1. The monoisotopic (exact) mass is 322 g/mol. The van der Waals surface area contributed by atoms with E-state index >= 15 is 0 Å². The third-order valence-electron chi connectivity index (χ3n) is 3.06. The first-order valence-corrected chi connectivity index (χ1v) is 7.23. The van der Waals surface area contributed by atoms with Crippen LogP contribution in [-0.2, 0) is 11.2 Å². The van der Waals surface area contributed by atoms with Gasteiger partial charge >= 0.3 is 0 Å².